The van der Waals surface area contributed by atoms with E-state index in [1.165, 1.54) is 6.92 Å². The van der Waals surface area contributed by atoms with Gasteiger partial charge in [0, 0.05) is 12.1 Å². The monoisotopic (exact) mass is 400 g/mol. The zero-order chi connectivity index (χ0) is 21.3. The van der Waals surface area contributed by atoms with Crippen molar-refractivity contribution in [1.82, 2.24) is 0 Å². The number of anilines is 1. The van der Waals surface area contributed by atoms with Crippen molar-refractivity contribution in [2.24, 2.45) is 5.73 Å². The van der Waals surface area contributed by atoms with E-state index in [2.05, 4.69) is 0 Å². The second-order valence-electron chi connectivity index (χ2n) is 6.42. The molecule has 2 rings (SSSR count). The van der Waals surface area contributed by atoms with Crippen LogP contribution in [0.3, 0.4) is 0 Å². The molecule has 10 nitrogen and oxygen atoms in total. The molecule has 0 saturated carbocycles. The highest BCUT2D eigenvalue weighted by atomic mass is 16.7. The predicted molar refractivity (Wildman–Crippen MR) is 99.2 cm³/mol. The molecule has 1 fully saturated rings. The van der Waals surface area contributed by atoms with Crippen molar-refractivity contribution in [3.05, 3.63) is 24.3 Å². The number of nitrogens with two attached hydrogens (primary N) is 2. The fourth-order valence-corrected chi connectivity index (χ4v) is 2.28. The number of aliphatic hydroxyl groups is 4. The first kappa shape index (κ1) is 24.0. The van der Waals surface area contributed by atoms with Crippen LogP contribution in [0.1, 0.15) is 19.8 Å². The van der Waals surface area contributed by atoms with E-state index in [0.717, 1.165) is 0 Å². The Hall–Kier alpha value is -2.08. The fourth-order valence-electron chi connectivity index (χ4n) is 2.28. The molecule has 0 amide bonds. The lowest BCUT2D eigenvalue weighted by molar-refractivity contribution is -0.277. The van der Waals surface area contributed by atoms with Crippen molar-refractivity contribution in [2.45, 2.75) is 56.5 Å². The van der Waals surface area contributed by atoms with E-state index < -0.39 is 43.4 Å². The van der Waals surface area contributed by atoms with Gasteiger partial charge >= 0.3 is 0 Å². The Labute approximate surface area is 162 Å². The van der Waals surface area contributed by atoms with E-state index in [-0.39, 0.29) is 5.78 Å². The highest BCUT2D eigenvalue weighted by molar-refractivity contribution is 5.76. The van der Waals surface area contributed by atoms with Crippen LogP contribution in [0.15, 0.2) is 24.3 Å². The standard InChI is InChI=1S/C12H17NO6.C6H11NO2/c13-6-1-3-7(4-2-6)18-12-11(17)10(16)9(15)8(5-14)19-12;1-5(9)2-3-6(7)4-8/h1-4,8-12,14-17H,5,13H2;4,6H,2-3,7H2,1H3/t8?,9-,10+,11?,12+;/m1./s1. The van der Waals surface area contributed by atoms with Crippen LogP contribution in [0.25, 0.3) is 0 Å². The lowest BCUT2D eigenvalue weighted by atomic mass is 9.99. The second kappa shape index (κ2) is 11.7. The topological polar surface area (TPSA) is 186 Å². The number of ether oxygens (including phenoxy) is 2. The maximum absolute atomic E-state index is 10.3. The molecule has 0 radical (unpaired) electrons. The van der Waals surface area contributed by atoms with Crippen LogP contribution in [0, 0.1) is 0 Å². The van der Waals surface area contributed by atoms with Crippen LogP contribution >= 0.6 is 0 Å². The van der Waals surface area contributed by atoms with Crippen LogP contribution in [0.4, 0.5) is 5.69 Å². The Kier molecular flexibility index (Phi) is 10.0. The van der Waals surface area contributed by atoms with Crippen LogP contribution in [-0.4, -0.2) is 75.9 Å². The molecule has 0 aromatic heterocycles. The van der Waals surface area contributed by atoms with Gasteiger partial charge in [0.15, 0.2) is 0 Å². The van der Waals surface area contributed by atoms with Crippen molar-refractivity contribution >= 4 is 17.8 Å². The summed E-state index contributed by atoms with van der Waals surface area (Å²) in [4.78, 5) is 20.2. The van der Waals surface area contributed by atoms with Gasteiger partial charge in [-0.25, -0.2) is 0 Å². The van der Waals surface area contributed by atoms with Gasteiger partial charge in [-0.15, -0.1) is 0 Å². The molecule has 0 bridgehead atoms. The number of carbonyl (C=O) groups is 2. The van der Waals surface area contributed by atoms with E-state index >= 15 is 0 Å². The fraction of sp³-hybridized carbons (Fsp3) is 0.556. The van der Waals surface area contributed by atoms with Gasteiger partial charge in [0.2, 0.25) is 6.29 Å². The van der Waals surface area contributed by atoms with Gasteiger partial charge in [0.25, 0.3) is 0 Å². The lowest BCUT2D eigenvalue weighted by Gasteiger charge is -2.39. The Morgan fingerprint density at radius 3 is 2.32 bits per heavy atom. The highest BCUT2D eigenvalue weighted by Gasteiger charge is 2.44. The number of aliphatic hydroxyl groups excluding tert-OH is 4. The summed E-state index contributed by atoms with van der Waals surface area (Å²) in [5.74, 6) is 0.464. The summed E-state index contributed by atoms with van der Waals surface area (Å²) < 4.78 is 10.6. The molecule has 1 aliphatic rings. The third-order valence-corrected chi connectivity index (χ3v) is 3.99. The predicted octanol–water partition coefficient (Wildman–Crippen LogP) is -1.67. The number of hydrogen-bond acceptors (Lipinski definition) is 10. The van der Waals surface area contributed by atoms with Gasteiger partial charge in [0.05, 0.1) is 12.6 Å². The first-order valence-corrected chi connectivity index (χ1v) is 8.72. The summed E-state index contributed by atoms with van der Waals surface area (Å²) in [6.07, 6.45) is -4.91. The van der Waals surface area contributed by atoms with Gasteiger partial charge in [0.1, 0.15) is 42.2 Å². The average molecular weight is 400 g/mol. The zero-order valence-electron chi connectivity index (χ0n) is 15.5. The van der Waals surface area contributed by atoms with Crippen LogP contribution in [0.2, 0.25) is 0 Å². The molecule has 1 aromatic carbocycles. The van der Waals surface area contributed by atoms with Gasteiger partial charge in [-0.2, -0.15) is 0 Å². The maximum Gasteiger partial charge on any atom is 0.229 e. The smallest absolute Gasteiger partial charge is 0.229 e. The van der Waals surface area contributed by atoms with E-state index in [0.29, 0.717) is 30.6 Å². The SMILES string of the molecule is CC(=O)CCC(N)C=O.Nc1ccc(O[C@H]2OC(CO)[C@@H](O)[C@H](O)C2O)cc1. The summed E-state index contributed by atoms with van der Waals surface area (Å²) in [6, 6.07) is 5.92. The quantitative estimate of drug-likeness (QED) is 0.228. The minimum atomic E-state index is -1.45. The molecular weight excluding hydrogens is 372 g/mol. The molecule has 1 saturated heterocycles. The molecule has 3 unspecified atom stereocenters. The molecule has 0 spiro atoms. The summed E-state index contributed by atoms with van der Waals surface area (Å²) in [5.41, 5.74) is 11.3. The van der Waals surface area contributed by atoms with Crippen molar-refractivity contribution in [1.29, 1.82) is 0 Å². The number of ketones is 1. The van der Waals surface area contributed by atoms with E-state index in [1.54, 1.807) is 24.3 Å². The molecule has 1 aromatic rings. The minimum absolute atomic E-state index is 0.0762. The largest absolute Gasteiger partial charge is 0.462 e. The first-order chi connectivity index (χ1) is 13.2. The van der Waals surface area contributed by atoms with Crippen LogP contribution < -0.4 is 16.2 Å². The summed E-state index contributed by atoms with van der Waals surface area (Å²) in [6.45, 7) is 0.990. The number of nitrogen functional groups attached to an aromatic ring is 1. The summed E-state index contributed by atoms with van der Waals surface area (Å²) >= 11 is 0. The minimum Gasteiger partial charge on any atom is -0.462 e. The van der Waals surface area contributed by atoms with E-state index in [9.17, 15) is 24.9 Å². The first-order valence-electron chi connectivity index (χ1n) is 8.72. The number of carbonyl (C=O) groups excluding carboxylic acids is 2. The summed E-state index contributed by atoms with van der Waals surface area (Å²) in [5, 5.41) is 38.0. The number of benzene rings is 1. The van der Waals surface area contributed by atoms with Crippen molar-refractivity contribution in [2.75, 3.05) is 12.3 Å². The molecule has 0 aliphatic carbocycles. The molecule has 1 aliphatic heterocycles. The molecule has 1 heterocycles. The number of rotatable bonds is 7. The molecule has 10 heteroatoms. The van der Waals surface area contributed by atoms with Gasteiger partial charge in [-0.3, -0.25) is 0 Å². The number of Topliss-reactive ketones (excluding diaryl/α,β-unsaturated/α-hetero) is 1. The Morgan fingerprint density at radius 1 is 1.21 bits per heavy atom. The lowest BCUT2D eigenvalue weighted by Crippen LogP contribution is -2.60. The van der Waals surface area contributed by atoms with Crippen molar-refractivity contribution in [3.8, 4) is 5.75 Å². The molecule has 8 N–H and O–H groups in total. The maximum atomic E-state index is 10.3. The molecule has 28 heavy (non-hydrogen) atoms. The Morgan fingerprint density at radius 2 is 1.82 bits per heavy atom. The van der Waals surface area contributed by atoms with Gasteiger partial charge < -0.3 is 51.0 Å². The third kappa shape index (κ3) is 7.50. The Balaban J connectivity index is 0.000000370. The van der Waals surface area contributed by atoms with E-state index in [1.807, 2.05) is 0 Å². The van der Waals surface area contributed by atoms with Crippen LogP contribution in [0.5, 0.6) is 5.75 Å². The third-order valence-electron chi connectivity index (χ3n) is 3.99. The normalized spacial score (nSPS) is 27.9. The number of aldehydes is 1. The van der Waals surface area contributed by atoms with Crippen molar-refractivity contribution < 1.29 is 39.5 Å². The zero-order valence-corrected chi connectivity index (χ0v) is 15.5. The van der Waals surface area contributed by atoms with Crippen LogP contribution in [-0.2, 0) is 14.3 Å². The average Bonchev–Trinajstić information content (AvgIpc) is 2.68. The molecule has 6 atom stereocenters. The van der Waals surface area contributed by atoms with E-state index in [4.69, 9.17) is 26.0 Å². The second-order valence-corrected chi connectivity index (χ2v) is 6.42. The molecular formula is C18H28N2O8. The Bertz CT molecular complexity index is 610. The van der Waals surface area contributed by atoms with Gasteiger partial charge in [-0.05, 0) is 37.6 Å². The van der Waals surface area contributed by atoms with Crippen molar-refractivity contribution in [3.63, 3.8) is 0 Å². The summed E-state index contributed by atoms with van der Waals surface area (Å²) in [7, 11) is 0. The van der Waals surface area contributed by atoms with Gasteiger partial charge in [-0.1, -0.05) is 0 Å². The molecule has 158 valence electrons. The highest BCUT2D eigenvalue weighted by Crippen LogP contribution is 2.24. The number of hydrogen-bond donors (Lipinski definition) is 6.